The fourth-order valence-electron chi connectivity index (χ4n) is 3.98. The first-order chi connectivity index (χ1) is 16.3. The summed E-state index contributed by atoms with van der Waals surface area (Å²) in [6.45, 7) is 4.86. The van der Waals surface area contributed by atoms with Gasteiger partial charge in [-0.25, -0.2) is 4.90 Å². The summed E-state index contributed by atoms with van der Waals surface area (Å²) < 4.78 is 13.5. The van der Waals surface area contributed by atoms with E-state index in [9.17, 15) is 14.4 Å². The fraction of sp³-hybridized carbons (Fsp3) is 0.261. The van der Waals surface area contributed by atoms with Crippen molar-refractivity contribution < 1.29 is 23.7 Å². The molecule has 9 nitrogen and oxygen atoms in total. The summed E-state index contributed by atoms with van der Waals surface area (Å²) in [6, 6.07) is 10.5. The van der Waals surface area contributed by atoms with E-state index < -0.39 is 12.1 Å². The van der Waals surface area contributed by atoms with Crippen LogP contribution < -0.4 is 24.6 Å². The van der Waals surface area contributed by atoms with E-state index in [1.165, 1.54) is 35.2 Å². The molecular weight excluding hydrogens is 524 g/mol. The van der Waals surface area contributed by atoms with Crippen molar-refractivity contribution in [3.8, 4) is 22.8 Å². The first-order valence-electron chi connectivity index (χ1n) is 10.4. The van der Waals surface area contributed by atoms with Crippen LogP contribution in [0.4, 0.5) is 5.69 Å². The highest BCUT2D eigenvalue weighted by Crippen LogP contribution is 2.44. The molecule has 176 valence electrons. The highest BCUT2D eigenvalue weighted by Gasteiger charge is 2.47. The number of thioether (sulfide) groups is 1. The van der Waals surface area contributed by atoms with Gasteiger partial charge in [0.1, 0.15) is 0 Å². The third-order valence-electron chi connectivity index (χ3n) is 5.16. The van der Waals surface area contributed by atoms with E-state index in [0.29, 0.717) is 38.8 Å². The van der Waals surface area contributed by atoms with Crippen molar-refractivity contribution in [2.24, 2.45) is 0 Å². The second-order valence-electron chi connectivity index (χ2n) is 7.39. The molecule has 0 unspecified atom stereocenters. The van der Waals surface area contributed by atoms with Gasteiger partial charge < -0.3 is 9.47 Å². The van der Waals surface area contributed by atoms with Crippen molar-refractivity contribution in [1.82, 2.24) is 10.1 Å². The highest BCUT2D eigenvalue weighted by molar-refractivity contribution is 9.10. The Bertz CT molecular complexity index is 1360. The number of benzene rings is 2. The van der Waals surface area contributed by atoms with Gasteiger partial charge in [0, 0.05) is 23.4 Å². The van der Waals surface area contributed by atoms with Crippen LogP contribution in [0.1, 0.15) is 32.5 Å². The summed E-state index contributed by atoms with van der Waals surface area (Å²) in [5.41, 5.74) is 1.45. The Hall–Kier alpha value is -3.18. The van der Waals surface area contributed by atoms with Gasteiger partial charge in [-0.3, -0.25) is 19.4 Å². The molecule has 0 bridgehead atoms. The van der Waals surface area contributed by atoms with Crippen LogP contribution in [-0.4, -0.2) is 34.8 Å². The largest absolute Gasteiger partial charge is 0.490 e. The lowest BCUT2D eigenvalue weighted by atomic mass is 10.0. The minimum absolute atomic E-state index is 0.152. The Morgan fingerprint density at radius 2 is 2.00 bits per heavy atom. The number of fused-ring (bicyclic) bond motifs is 3. The molecule has 3 aromatic rings. The number of H-pyrrole nitrogens is 1. The molecule has 1 amide bonds. The summed E-state index contributed by atoms with van der Waals surface area (Å²) in [7, 11) is 0. The second kappa shape index (κ2) is 9.59. The average Bonchev–Trinajstić information content (AvgIpc) is 2.79. The molecule has 1 atom stereocenters. The van der Waals surface area contributed by atoms with Crippen LogP contribution >= 0.6 is 27.7 Å². The van der Waals surface area contributed by atoms with Crippen LogP contribution in [0.25, 0.3) is 11.3 Å². The maximum Gasteiger partial charge on any atom is 0.325 e. The molecule has 0 aliphatic carbocycles. The number of anilines is 1. The van der Waals surface area contributed by atoms with Gasteiger partial charge >= 0.3 is 17.2 Å². The summed E-state index contributed by atoms with van der Waals surface area (Å²) in [5, 5.41) is 5.01. The number of esters is 1. The molecule has 2 aromatic carbocycles. The number of ether oxygens (including phenoxy) is 2. The van der Waals surface area contributed by atoms with Gasteiger partial charge in [-0.2, -0.15) is 0 Å². The Morgan fingerprint density at radius 3 is 2.65 bits per heavy atom. The van der Waals surface area contributed by atoms with Gasteiger partial charge in [-0.05, 0) is 42.1 Å². The number of hydrogen-bond donors (Lipinski definition) is 1. The van der Waals surface area contributed by atoms with E-state index in [1.54, 1.807) is 42.7 Å². The van der Waals surface area contributed by atoms with Gasteiger partial charge in [-0.15, -0.1) is 0 Å². The summed E-state index contributed by atoms with van der Waals surface area (Å²) in [5.74, 6) is -0.361. The summed E-state index contributed by atoms with van der Waals surface area (Å²) in [6.07, 6.45) is 0.859. The highest BCUT2D eigenvalue weighted by atomic mass is 79.9. The number of hydrogen-bond acceptors (Lipinski definition) is 7. The Labute approximate surface area is 208 Å². The van der Waals surface area contributed by atoms with Crippen molar-refractivity contribution in [3.63, 3.8) is 0 Å². The van der Waals surface area contributed by atoms with E-state index in [1.807, 2.05) is 6.92 Å². The number of nitrogens with one attached hydrogen (secondary N) is 1. The van der Waals surface area contributed by atoms with Crippen LogP contribution in [0.2, 0.25) is 0 Å². The van der Waals surface area contributed by atoms with Crippen molar-refractivity contribution in [2.75, 3.05) is 17.8 Å². The molecule has 1 aliphatic heterocycles. The molecule has 0 spiro atoms. The lowest BCUT2D eigenvalue weighted by Crippen LogP contribution is -2.60. The van der Waals surface area contributed by atoms with Crippen molar-refractivity contribution in [2.45, 2.75) is 32.1 Å². The molecule has 0 saturated carbocycles. The van der Waals surface area contributed by atoms with Gasteiger partial charge in [0.25, 0.3) is 6.17 Å². The van der Waals surface area contributed by atoms with E-state index in [4.69, 9.17) is 9.47 Å². The minimum atomic E-state index is -0.929. The fourth-order valence-corrected chi connectivity index (χ4v) is 4.80. The van der Waals surface area contributed by atoms with Gasteiger partial charge in [0.15, 0.2) is 11.5 Å². The van der Waals surface area contributed by atoms with Gasteiger partial charge in [0.05, 0.1) is 23.4 Å². The minimum Gasteiger partial charge on any atom is -0.490 e. The van der Waals surface area contributed by atoms with Crippen molar-refractivity contribution in [1.29, 1.82) is 0 Å². The zero-order chi connectivity index (χ0) is 24.6. The number of carbonyl (C=O) groups is 2. The molecule has 1 N–H and O–H groups in total. The maximum atomic E-state index is 13.2. The molecule has 0 fully saturated rings. The Kier molecular flexibility index (Phi) is 6.76. The lowest BCUT2D eigenvalue weighted by Gasteiger charge is -2.32. The van der Waals surface area contributed by atoms with E-state index >= 15 is 0 Å². The molecular formula is C23H22BrN4O5S+. The Morgan fingerprint density at radius 1 is 1.26 bits per heavy atom. The number of para-hydroxylation sites is 1. The molecule has 11 heteroatoms. The van der Waals surface area contributed by atoms with Crippen LogP contribution in [0.15, 0.2) is 50.8 Å². The number of carbonyl (C=O) groups excluding carboxylic acids is 2. The smallest absolute Gasteiger partial charge is 0.325 e. The predicted octanol–water partition coefficient (Wildman–Crippen LogP) is 3.45. The number of amides is 1. The third-order valence-corrected chi connectivity index (χ3v) is 6.19. The maximum absolute atomic E-state index is 13.2. The molecule has 0 saturated heterocycles. The topological polar surface area (TPSA) is 105 Å². The van der Waals surface area contributed by atoms with Crippen LogP contribution in [0, 0.1) is 0 Å². The first kappa shape index (κ1) is 24.0. The summed E-state index contributed by atoms with van der Waals surface area (Å²) in [4.78, 5) is 42.6. The molecule has 4 rings (SSSR count). The van der Waals surface area contributed by atoms with Crippen LogP contribution in [-0.2, 0) is 9.59 Å². The molecule has 1 aromatic heterocycles. The number of nitrogens with zero attached hydrogens (tertiary/aromatic N) is 3. The molecule has 0 radical (unpaired) electrons. The third kappa shape index (κ3) is 4.21. The Balaban J connectivity index is 2.13. The van der Waals surface area contributed by atoms with Crippen LogP contribution in [0.5, 0.6) is 11.5 Å². The lowest BCUT2D eigenvalue weighted by molar-refractivity contribution is -0.763. The normalized spacial score (nSPS) is 14.3. The number of rotatable bonds is 5. The first-order valence-corrected chi connectivity index (χ1v) is 12.4. The SMILES string of the molecule is CCOc1cc(Br)cc([C@@H]2N(C(C)=O)c3ccccc3-c3c(=O)[nH]c(SC)n[n+]32)c1OC(C)=O. The predicted molar refractivity (Wildman–Crippen MR) is 130 cm³/mol. The van der Waals surface area contributed by atoms with Crippen LogP contribution in [0.3, 0.4) is 0 Å². The molecule has 2 heterocycles. The number of halogens is 1. The zero-order valence-electron chi connectivity index (χ0n) is 18.9. The van der Waals surface area contributed by atoms with Gasteiger partial charge in [0.2, 0.25) is 11.1 Å². The summed E-state index contributed by atoms with van der Waals surface area (Å²) >= 11 is 4.76. The van der Waals surface area contributed by atoms with Crippen molar-refractivity contribution >= 4 is 45.3 Å². The quantitative estimate of drug-likeness (QED) is 0.226. The second-order valence-corrected chi connectivity index (χ2v) is 9.10. The van der Waals surface area contributed by atoms with Crippen molar-refractivity contribution in [3.05, 3.63) is 56.8 Å². The number of aromatic amines is 1. The zero-order valence-corrected chi connectivity index (χ0v) is 21.3. The molecule has 1 aliphatic rings. The number of aromatic nitrogens is 3. The van der Waals surface area contributed by atoms with E-state index in [2.05, 4.69) is 26.0 Å². The standard InChI is InChI=1S/C23H21BrN4O5S/c1-5-32-18-11-14(24)10-16(20(18)33-13(3)30)22-27(12(2)29)17-9-7-6-8-15(17)19-21(31)25-23(34-4)26-28(19)22/h6-11,22H,5H2,1-4H3/p+1/t22-/m1/s1. The average molecular weight is 546 g/mol. The molecule has 34 heavy (non-hydrogen) atoms. The van der Waals surface area contributed by atoms with Gasteiger partial charge in [-0.1, -0.05) is 39.8 Å². The van der Waals surface area contributed by atoms with E-state index in [-0.39, 0.29) is 22.9 Å². The van der Waals surface area contributed by atoms with E-state index in [0.717, 1.165) is 0 Å². The monoisotopic (exact) mass is 545 g/mol.